The first kappa shape index (κ1) is 19.9. The molecule has 1 N–H and O–H groups in total. The Balaban J connectivity index is 1.66. The van der Waals surface area contributed by atoms with Crippen LogP contribution in [0.4, 0.5) is 21.5 Å². The van der Waals surface area contributed by atoms with Crippen molar-refractivity contribution in [3.8, 4) is 0 Å². The van der Waals surface area contributed by atoms with Crippen molar-refractivity contribution in [1.82, 2.24) is 0 Å². The van der Waals surface area contributed by atoms with Gasteiger partial charge in [0.15, 0.2) is 0 Å². The largest absolute Gasteiger partial charge is 0.378 e. The highest BCUT2D eigenvalue weighted by atomic mass is 32.2. The first-order chi connectivity index (χ1) is 14.0. The summed E-state index contributed by atoms with van der Waals surface area (Å²) in [6.45, 7) is 5.47. The Morgan fingerprint density at radius 3 is 2.03 bits per heavy atom. The van der Waals surface area contributed by atoms with Crippen molar-refractivity contribution in [1.29, 1.82) is 0 Å². The van der Waals surface area contributed by atoms with Crippen LogP contribution in [-0.4, -0.2) is 61.0 Å². The van der Waals surface area contributed by atoms with Crippen molar-refractivity contribution in [3.63, 3.8) is 0 Å². The van der Waals surface area contributed by atoms with E-state index in [-0.39, 0.29) is 4.90 Å². The zero-order chi connectivity index (χ0) is 20.3. The second kappa shape index (κ2) is 8.56. The van der Waals surface area contributed by atoms with Crippen LogP contribution in [-0.2, 0) is 19.5 Å². The van der Waals surface area contributed by atoms with Crippen LogP contribution in [0.3, 0.4) is 0 Å². The van der Waals surface area contributed by atoms with Gasteiger partial charge in [0.1, 0.15) is 5.82 Å². The molecule has 0 saturated carbocycles. The number of rotatable bonds is 5. The van der Waals surface area contributed by atoms with Crippen LogP contribution in [0.25, 0.3) is 0 Å². The molecule has 2 saturated heterocycles. The zero-order valence-electron chi connectivity index (χ0n) is 16.0. The third-order valence-corrected chi connectivity index (χ3v) is 6.46. The SMILES string of the molecule is O=S(=O)(Nc1ccc(N2CCOCC2)cc1N1CCOCC1)c1ccc(F)cc1. The molecule has 156 valence electrons. The van der Waals surface area contributed by atoms with E-state index in [1.807, 2.05) is 12.1 Å². The van der Waals surface area contributed by atoms with E-state index in [2.05, 4.69) is 14.5 Å². The Bertz CT molecular complexity index is 941. The molecule has 0 spiro atoms. The number of sulfonamides is 1. The van der Waals surface area contributed by atoms with E-state index >= 15 is 0 Å². The highest BCUT2D eigenvalue weighted by Gasteiger charge is 2.22. The van der Waals surface area contributed by atoms with Crippen LogP contribution in [0.15, 0.2) is 47.4 Å². The molecular formula is C20H24FN3O4S. The lowest BCUT2D eigenvalue weighted by Crippen LogP contribution is -2.38. The Morgan fingerprint density at radius 2 is 1.41 bits per heavy atom. The first-order valence-corrected chi connectivity index (χ1v) is 11.1. The van der Waals surface area contributed by atoms with Crippen LogP contribution in [0.2, 0.25) is 0 Å². The summed E-state index contributed by atoms with van der Waals surface area (Å²) in [6.07, 6.45) is 0. The van der Waals surface area contributed by atoms with Crippen molar-refractivity contribution in [3.05, 3.63) is 48.3 Å². The van der Waals surface area contributed by atoms with Crippen molar-refractivity contribution >= 4 is 27.1 Å². The van der Waals surface area contributed by atoms with Crippen molar-refractivity contribution < 1.29 is 22.3 Å². The van der Waals surface area contributed by atoms with Gasteiger partial charge >= 0.3 is 0 Å². The Kier molecular flexibility index (Phi) is 5.89. The monoisotopic (exact) mass is 421 g/mol. The molecule has 0 atom stereocenters. The maximum Gasteiger partial charge on any atom is 0.261 e. The van der Waals surface area contributed by atoms with E-state index in [0.717, 1.165) is 36.6 Å². The first-order valence-electron chi connectivity index (χ1n) is 9.61. The topological polar surface area (TPSA) is 71.1 Å². The Hall–Kier alpha value is -2.36. The molecule has 2 aromatic rings. The number of hydrogen-bond donors (Lipinski definition) is 1. The molecular weight excluding hydrogens is 397 g/mol. The molecule has 0 bridgehead atoms. The van der Waals surface area contributed by atoms with E-state index in [1.165, 1.54) is 12.1 Å². The maximum absolute atomic E-state index is 13.2. The number of hydrogen-bond acceptors (Lipinski definition) is 6. The smallest absolute Gasteiger partial charge is 0.261 e. The normalized spacial score (nSPS) is 18.0. The Labute approximate surface area is 170 Å². The van der Waals surface area contributed by atoms with E-state index in [1.54, 1.807) is 6.07 Å². The van der Waals surface area contributed by atoms with Gasteiger partial charge in [-0.3, -0.25) is 4.72 Å². The standard InChI is InChI=1S/C20H24FN3O4S/c21-16-1-4-18(5-2-16)29(25,26)22-19-6-3-17(23-7-11-27-12-8-23)15-20(19)24-9-13-28-14-10-24/h1-6,15,22H,7-14H2. The number of halogens is 1. The summed E-state index contributed by atoms with van der Waals surface area (Å²) < 4.78 is 52.4. The average Bonchev–Trinajstić information content (AvgIpc) is 2.75. The number of anilines is 3. The summed E-state index contributed by atoms with van der Waals surface area (Å²) >= 11 is 0. The van der Waals surface area contributed by atoms with Crippen molar-refractivity contribution in [2.45, 2.75) is 4.90 Å². The van der Waals surface area contributed by atoms with Gasteiger partial charge < -0.3 is 19.3 Å². The number of nitrogens with zero attached hydrogens (tertiary/aromatic N) is 2. The van der Waals surface area contributed by atoms with Gasteiger partial charge in [-0.05, 0) is 42.5 Å². The molecule has 0 aromatic heterocycles. The molecule has 2 aromatic carbocycles. The van der Waals surface area contributed by atoms with Gasteiger partial charge in [0.25, 0.3) is 10.0 Å². The summed E-state index contributed by atoms with van der Waals surface area (Å²) in [7, 11) is -3.84. The van der Waals surface area contributed by atoms with E-state index in [9.17, 15) is 12.8 Å². The number of nitrogens with one attached hydrogen (secondary N) is 1. The molecule has 2 fully saturated rings. The lowest BCUT2D eigenvalue weighted by Gasteiger charge is -2.33. The average molecular weight is 421 g/mol. The van der Waals surface area contributed by atoms with E-state index < -0.39 is 15.8 Å². The summed E-state index contributed by atoms with van der Waals surface area (Å²) in [5.74, 6) is -0.479. The van der Waals surface area contributed by atoms with Crippen LogP contribution >= 0.6 is 0 Å². The summed E-state index contributed by atoms with van der Waals surface area (Å²) in [6, 6.07) is 10.5. The van der Waals surface area contributed by atoms with Crippen LogP contribution in [0.1, 0.15) is 0 Å². The molecule has 0 amide bonds. The molecule has 7 nitrogen and oxygen atoms in total. The minimum Gasteiger partial charge on any atom is -0.378 e. The second-order valence-electron chi connectivity index (χ2n) is 6.96. The summed E-state index contributed by atoms with van der Waals surface area (Å²) in [5, 5.41) is 0. The van der Waals surface area contributed by atoms with Gasteiger partial charge in [-0.25, -0.2) is 12.8 Å². The van der Waals surface area contributed by atoms with Gasteiger partial charge in [0.05, 0.1) is 42.7 Å². The van der Waals surface area contributed by atoms with Crippen LogP contribution in [0.5, 0.6) is 0 Å². The minimum atomic E-state index is -3.84. The third kappa shape index (κ3) is 4.63. The molecule has 4 rings (SSSR count). The van der Waals surface area contributed by atoms with Gasteiger partial charge in [-0.2, -0.15) is 0 Å². The minimum absolute atomic E-state index is 0.0177. The molecule has 0 aliphatic carbocycles. The van der Waals surface area contributed by atoms with Crippen LogP contribution < -0.4 is 14.5 Å². The molecule has 0 radical (unpaired) electrons. The highest BCUT2D eigenvalue weighted by molar-refractivity contribution is 7.92. The predicted octanol–water partition coefficient (Wildman–Crippen LogP) is 2.30. The molecule has 9 heteroatoms. The molecule has 29 heavy (non-hydrogen) atoms. The summed E-state index contributed by atoms with van der Waals surface area (Å²) in [5.41, 5.74) is 2.33. The predicted molar refractivity (Wildman–Crippen MR) is 110 cm³/mol. The second-order valence-corrected chi connectivity index (χ2v) is 8.64. The fraction of sp³-hybridized carbons (Fsp3) is 0.400. The molecule has 2 aliphatic rings. The third-order valence-electron chi connectivity index (χ3n) is 5.08. The van der Waals surface area contributed by atoms with E-state index in [0.29, 0.717) is 45.2 Å². The Morgan fingerprint density at radius 1 is 0.828 bits per heavy atom. The van der Waals surface area contributed by atoms with Gasteiger partial charge in [-0.15, -0.1) is 0 Å². The van der Waals surface area contributed by atoms with Gasteiger partial charge in [0.2, 0.25) is 0 Å². The van der Waals surface area contributed by atoms with Gasteiger partial charge in [0, 0.05) is 31.9 Å². The van der Waals surface area contributed by atoms with Gasteiger partial charge in [-0.1, -0.05) is 0 Å². The van der Waals surface area contributed by atoms with E-state index in [4.69, 9.17) is 9.47 Å². The fourth-order valence-electron chi connectivity index (χ4n) is 3.51. The number of benzene rings is 2. The molecule has 2 aliphatic heterocycles. The highest BCUT2D eigenvalue weighted by Crippen LogP contribution is 2.33. The summed E-state index contributed by atoms with van der Waals surface area (Å²) in [4.78, 5) is 4.37. The number of morpholine rings is 2. The van der Waals surface area contributed by atoms with Crippen molar-refractivity contribution in [2.75, 3.05) is 67.1 Å². The molecule has 0 unspecified atom stereocenters. The zero-order valence-corrected chi connectivity index (χ0v) is 16.8. The van der Waals surface area contributed by atoms with Crippen molar-refractivity contribution in [2.24, 2.45) is 0 Å². The lowest BCUT2D eigenvalue weighted by atomic mass is 10.2. The maximum atomic E-state index is 13.2. The quantitative estimate of drug-likeness (QED) is 0.799. The van der Waals surface area contributed by atoms with Crippen LogP contribution in [0, 0.1) is 5.82 Å². The number of ether oxygens (including phenoxy) is 2. The molecule has 2 heterocycles. The fourth-order valence-corrected chi connectivity index (χ4v) is 4.58. The lowest BCUT2D eigenvalue weighted by molar-refractivity contribution is 0.122.